The Bertz CT molecular complexity index is 1420. The van der Waals surface area contributed by atoms with E-state index in [0.717, 1.165) is 5.56 Å². The lowest BCUT2D eigenvalue weighted by Crippen LogP contribution is -2.39. The van der Waals surface area contributed by atoms with Gasteiger partial charge in [0.25, 0.3) is 5.91 Å². The highest BCUT2D eigenvalue weighted by Gasteiger charge is 2.59. The Balaban J connectivity index is 1.12. The summed E-state index contributed by atoms with van der Waals surface area (Å²) in [6.45, 7) is 7.25. The highest BCUT2D eigenvalue weighted by Crippen LogP contribution is 2.49. The lowest BCUT2D eigenvalue weighted by atomic mass is 9.94. The van der Waals surface area contributed by atoms with Crippen LogP contribution in [0.4, 0.5) is 19.0 Å². The minimum absolute atomic E-state index is 0.0351. The number of nitrogens with zero attached hydrogens (tertiary/aromatic N) is 6. The minimum atomic E-state index is -4.18. The van der Waals surface area contributed by atoms with Gasteiger partial charge in [-0.15, -0.1) is 11.3 Å². The van der Waals surface area contributed by atoms with E-state index in [1.807, 2.05) is 42.7 Å². The molecule has 3 aliphatic rings. The van der Waals surface area contributed by atoms with Gasteiger partial charge >= 0.3 is 6.18 Å². The number of ether oxygens (including phenoxy) is 1. The molecule has 0 spiro atoms. The highest BCUT2D eigenvalue weighted by molar-refractivity contribution is 7.17. The number of pyridine rings is 1. The molecule has 0 aromatic carbocycles. The maximum Gasteiger partial charge on any atom is 0.391 e. The van der Waals surface area contributed by atoms with Crippen LogP contribution in [0.2, 0.25) is 0 Å². The molecule has 2 N–H and O–H groups in total. The number of aryl methyl sites for hydroxylation is 1. The molecule has 1 saturated carbocycles. The van der Waals surface area contributed by atoms with E-state index in [0.29, 0.717) is 46.2 Å². The Labute approximate surface area is 240 Å². The summed E-state index contributed by atoms with van der Waals surface area (Å²) in [6.07, 6.45) is -0.896. The van der Waals surface area contributed by atoms with Gasteiger partial charge in [0.05, 0.1) is 11.6 Å². The molecule has 3 aromatic rings. The number of halogens is 3. The maximum absolute atomic E-state index is 13.3. The molecule has 3 aromatic heterocycles. The maximum atomic E-state index is 13.3. The van der Waals surface area contributed by atoms with E-state index >= 15 is 0 Å². The Morgan fingerprint density at radius 3 is 2.34 bits per heavy atom. The number of carbonyl (C=O) groups excluding carboxylic acids is 1. The van der Waals surface area contributed by atoms with Gasteiger partial charge in [0.2, 0.25) is 5.88 Å². The third-order valence-corrected chi connectivity index (χ3v) is 9.36. The molecule has 1 amide bonds. The van der Waals surface area contributed by atoms with E-state index in [1.54, 1.807) is 18.5 Å². The fraction of sp³-hybridized carbons (Fsp3) is 0.536. The lowest BCUT2D eigenvalue weighted by molar-refractivity contribution is -0.179. The van der Waals surface area contributed by atoms with Crippen LogP contribution in [-0.4, -0.2) is 69.2 Å². The molecule has 0 unspecified atom stereocenters. The van der Waals surface area contributed by atoms with Crippen LogP contribution in [0.5, 0.6) is 5.88 Å². The molecule has 13 heteroatoms. The summed E-state index contributed by atoms with van der Waals surface area (Å²) in [5.74, 6) is 0.527. The molecule has 0 radical (unpaired) electrons. The van der Waals surface area contributed by atoms with Crippen molar-refractivity contribution in [3.05, 3.63) is 46.7 Å². The van der Waals surface area contributed by atoms with Crippen LogP contribution in [-0.2, 0) is 5.54 Å². The van der Waals surface area contributed by atoms with Gasteiger partial charge in [0.1, 0.15) is 16.8 Å². The number of aromatic nitrogens is 4. The van der Waals surface area contributed by atoms with Gasteiger partial charge in [-0.1, -0.05) is 0 Å². The van der Waals surface area contributed by atoms with Crippen molar-refractivity contribution in [3.63, 3.8) is 0 Å². The molecule has 1 aliphatic carbocycles. The van der Waals surface area contributed by atoms with Gasteiger partial charge in [-0.25, -0.2) is 15.0 Å². The van der Waals surface area contributed by atoms with Gasteiger partial charge < -0.3 is 20.3 Å². The van der Waals surface area contributed by atoms with E-state index in [9.17, 15) is 18.0 Å². The van der Waals surface area contributed by atoms with Crippen molar-refractivity contribution in [1.29, 1.82) is 0 Å². The van der Waals surface area contributed by atoms with Crippen molar-refractivity contribution in [2.75, 3.05) is 31.1 Å². The molecule has 5 heterocycles. The number of hydrogen-bond acceptors (Lipinski definition) is 9. The van der Waals surface area contributed by atoms with E-state index in [4.69, 9.17) is 10.5 Å². The van der Waals surface area contributed by atoms with Crippen molar-refractivity contribution in [3.8, 4) is 16.7 Å². The SMILES string of the molecule is Cc1nc(-c2ncccn2)sc1C(=O)N1C[C@@H]2[C@H](C1)[C@@H]2Oc1cc(C(C)(C)N)cc(N2CCC(C(F)(F)F)CC2)n1. The van der Waals surface area contributed by atoms with Crippen LogP contribution < -0.4 is 15.4 Å². The second kappa shape index (κ2) is 10.2. The van der Waals surface area contributed by atoms with E-state index in [1.165, 1.54) is 11.3 Å². The summed E-state index contributed by atoms with van der Waals surface area (Å²) in [4.78, 5) is 35.3. The van der Waals surface area contributed by atoms with Crippen molar-refractivity contribution in [1.82, 2.24) is 24.8 Å². The Hall–Kier alpha value is -3.32. The number of fused-ring (bicyclic) bond motifs is 1. The van der Waals surface area contributed by atoms with Gasteiger partial charge in [0, 0.05) is 62.0 Å². The van der Waals surface area contributed by atoms with Crippen LogP contribution in [0.3, 0.4) is 0 Å². The fourth-order valence-corrected chi connectivity index (χ4v) is 6.70. The number of alkyl halides is 3. The third-order valence-electron chi connectivity index (χ3n) is 8.22. The first-order chi connectivity index (χ1) is 19.4. The standard InChI is InChI=1S/C28H32F3N7O2S/c1-15-23(41-25(35-15)24-33-7-4-8-34-24)26(39)38-13-18-19(14-38)22(18)40-21-12-17(27(2,3)32)11-20(36-21)37-9-5-16(6-10-37)28(29,30)31/h4,7-8,11-12,16,18-19,22H,5-6,9-10,13-14,32H2,1-3H3/t18-,19+,22-. The number of carbonyl (C=O) groups is 1. The molecule has 3 atom stereocenters. The smallest absolute Gasteiger partial charge is 0.391 e. The van der Waals surface area contributed by atoms with Crippen molar-refractivity contribution >= 4 is 23.1 Å². The average Bonchev–Trinajstić information content (AvgIpc) is 3.25. The topological polar surface area (TPSA) is 110 Å². The van der Waals surface area contributed by atoms with Gasteiger partial charge in [-0.3, -0.25) is 4.79 Å². The molecule has 2 saturated heterocycles. The predicted molar refractivity (Wildman–Crippen MR) is 148 cm³/mol. The summed E-state index contributed by atoms with van der Waals surface area (Å²) in [7, 11) is 0. The summed E-state index contributed by atoms with van der Waals surface area (Å²) in [6, 6.07) is 5.40. The minimum Gasteiger partial charge on any atom is -0.474 e. The second-order valence-corrected chi connectivity index (χ2v) is 12.7. The zero-order chi connectivity index (χ0) is 29.1. The number of thiazole rings is 1. The first-order valence-corrected chi connectivity index (χ1v) is 14.5. The molecule has 41 heavy (non-hydrogen) atoms. The first kappa shape index (κ1) is 27.8. The third kappa shape index (κ3) is 5.61. The number of piperidine rings is 2. The molecular weight excluding hydrogens is 555 g/mol. The summed E-state index contributed by atoms with van der Waals surface area (Å²) >= 11 is 1.30. The quantitative estimate of drug-likeness (QED) is 0.451. The molecule has 218 valence electrons. The van der Waals surface area contributed by atoms with Crippen molar-refractivity contribution in [2.24, 2.45) is 23.5 Å². The monoisotopic (exact) mass is 587 g/mol. The molecule has 2 aliphatic heterocycles. The number of hydrogen-bond donors (Lipinski definition) is 1. The normalized spacial score (nSPS) is 23.0. The zero-order valence-electron chi connectivity index (χ0n) is 23.1. The fourth-order valence-electron chi connectivity index (χ4n) is 5.72. The number of amides is 1. The number of likely N-dealkylation sites (tertiary alicyclic amines) is 1. The highest BCUT2D eigenvalue weighted by atomic mass is 32.1. The Morgan fingerprint density at radius 1 is 1.07 bits per heavy atom. The molecule has 0 bridgehead atoms. The van der Waals surface area contributed by atoms with Gasteiger partial charge in [0.15, 0.2) is 10.8 Å². The van der Waals surface area contributed by atoms with Crippen molar-refractivity contribution < 1.29 is 22.7 Å². The first-order valence-electron chi connectivity index (χ1n) is 13.7. The molecule has 9 nitrogen and oxygen atoms in total. The molecule has 3 fully saturated rings. The lowest BCUT2D eigenvalue weighted by Gasteiger charge is -2.34. The van der Waals surface area contributed by atoms with Gasteiger partial charge in [-0.2, -0.15) is 18.2 Å². The number of nitrogens with two attached hydrogens (primary N) is 1. The average molecular weight is 588 g/mol. The summed E-state index contributed by atoms with van der Waals surface area (Å²) in [5, 5.41) is 0.615. The van der Waals surface area contributed by atoms with E-state index in [-0.39, 0.29) is 49.8 Å². The largest absolute Gasteiger partial charge is 0.474 e. The van der Waals surface area contributed by atoms with Crippen LogP contribution >= 0.6 is 11.3 Å². The zero-order valence-corrected chi connectivity index (χ0v) is 23.9. The van der Waals surface area contributed by atoms with E-state index in [2.05, 4.69) is 19.9 Å². The summed E-state index contributed by atoms with van der Waals surface area (Å²) < 4.78 is 45.9. The summed E-state index contributed by atoms with van der Waals surface area (Å²) in [5.41, 5.74) is 7.17. The van der Waals surface area contributed by atoms with Gasteiger partial charge in [-0.05, 0) is 51.3 Å². The van der Waals surface area contributed by atoms with Crippen LogP contribution in [0.1, 0.15) is 47.6 Å². The Morgan fingerprint density at radius 2 is 1.73 bits per heavy atom. The number of rotatable bonds is 6. The molecular formula is C28H32F3N7O2S. The number of anilines is 1. The molecule has 6 rings (SSSR count). The predicted octanol–water partition coefficient (Wildman–Crippen LogP) is 4.43. The Kier molecular flexibility index (Phi) is 6.92. The van der Waals surface area contributed by atoms with E-state index < -0.39 is 17.6 Å². The van der Waals surface area contributed by atoms with Crippen LogP contribution in [0.15, 0.2) is 30.6 Å². The second-order valence-electron chi connectivity index (χ2n) is 11.7. The van der Waals surface area contributed by atoms with Crippen molar-refractivity contribution in [2.45, 2.75) is 51.4 Å². The van der Waals surface area contributed by atoms with Crippen LogP contribution in [0, 0.1) is 24.7 Å². The van der Waals surface area contributed by atoms with Crippen LogP contribution in [0.25, 0.3) is 10.8 Å².